The Labute approximate surface area is 126 Å². The topological polar surface area (TPSA) is 70.2 Å². The van der Waals surface area contributed by atoms with Gasteiger partial charge in [-0.3, -0.25) is 4.79 Å². The first-order chi connectivity index (χ1) is 10.0. The molecule has 2 heterocycles. The Bertz CT molecular complexity index is 497. The normalized spacial score (nSPS) is 16.1. The quantitative estimate of drug-likeness (QED) is 0.869. The van der Waals surface area contributed by atoms with Gasteiger partial charge in [-0.1, -0.05) is 13.8 Å². The Kier molecular flexibility index (Phi) is 4.98. The Morgan fingerprint density at radius 2 is 1.81 bits per heavy atom. The van der Waals surface area contributed by atoms with Gasteiger partial charge in [0.2, 0.25) is 5.91 Å². The van der Waals surface area contributed by atoms with E-state index in [1.807, 2.05) is 24.9 Å². The standard InChI is InChI=1S/C15H25N5O/c1-10(2)14-18-12(16-4)9-13(19-14)17-11(3)15(21)20-7-5-6-8-20/h9-11H,5-8H2,1-4H3,(H2,16,17,18,19). The van der Waals surface area contributed by atoms with Crippen molar-refractivity contribution in [1.82, 2.24) is 14.9 Å². The van der Waals surface area contributed by atoms with Crippen molar-refractivity contribution in [3.05, 3.63) is 11.9 Å². The number of nitrogens with zero attached hydrogens (tertiary/aromatic N) is 3. The zero-order valence-corrected chi connectivity index (χ0v) is 13.3. The number of amides is 1. The smallest absolute Gasteiger partial charge is 0.244 e. The Hall–Kier alpha value is -1.85. The predicted molar refractivity (Wildman–Crippen MR) is 84.6 cm³/mol. The zero-order valence-electron chi connectivity index (χ0n) is 13.3. The van der Waals surface area contributed by atoms with Gasteiger partial charge in [0.15, 0.2) is 0 Å². The van der Waals surface area contributed by atoms with Gasteiger partial charge in [-0.25, -0.2) is 9.97 Å². The Morgan fingerprint density at radius 3 is 2.38 bits per heavy atom. The van der Waals surface area contributed by atoms with E-state index in [1.165, 1.54) is 0 Å². The number of aromatic nitrogens is 2. The van der Waals surface area contributed by atoms with Gasteiger partial charge in [0.1, 0.15) is 23.5 Å². The second-order valence-corrected chi connectivity index (χ2v) is 5.80. The van der Waals surface area contributed by atoms with Gasteiger partial charge in [0.25, 0.3) is 0 Å². The van der Waals surface area contributed by atoms with E-state index in [9.17, 15) is 4.79 Å². The molecule has 0 spiro atoms. The molecule has 0 saturated carbocycles. The summed E-state index contributed by atoms with van der Waals surface area (Å²) in [5.74, 6) is 2.60. The first-order valence-corrected chi connectivity index (χ1v) is 7.63. The van der Waals surface area contributed by atoms with Gasteiger partial charge in [-0.15, -0.1) is 0 Å². The minimum absolute atomic E-state index is 0.142. The van der Waals surface area contributed by atoms with E-state index >= 15 is 0 Å². The lowest BCUT2D eigenvalue weighted by Gasteiger charge is -2.22. The van der Waals surface area contributed by atoms with Crippen LogP contribution in [0.25, 0.3) is 0 Å². The third-order valence-electron chi connectivity index (χ3n) is 3.67. The van der Waals surface area contributed by atoms with Crippen molar-refractivity contribution in [3.63, 3.8) is 0 Å². The molecule has 1 fully saturated rings. The van der Waals surface area contributed by atoms with Crippen LogP contribution >= 0.6 is 0 Å². The average molecular weight is 291 g/mol. The molecule has 116 valence electrons. The van der Waals surface area contributed by atoms with Crippen LogP contribution in [0.1, 0.15) is 45.4 Å². The molecule has 0 aliphatic carbocycles. The van der Waals surface area contributed by atoms with Crippen LogP contribution < -0.4 is 10.6 Å². The lowest BCUT2D eigenvalue weighted by molar-refractivity contribution is -0.130. The number of hydrogen-bond donors (Lipinski definition) is 2. The minimum atomic E-state index is -0.275. The molecular weight excluding hydrogens is 266 g/mol. The molecule has 2 rings (SSSR count). The molecule has 1 atom stereocenters. The summed E-state index contributed by atoms with van der Waals surface area (Å²) in [6.07, 6.45) is 2.21. The van der Waals surface area contributed by atoms with Gasteiger partial charge in [-0.2, -0.15) is 0 Å². The number of hydrogen-bond acceptors (Lipinski definition) is 5. The van der Waals surface area contributed by atoms with Gasteiger partial charge < -0.3 is 15.5 Å². The number of likely N-dealkylation sites (tertiary alicyclic amines) is 1. The maximum Gasteiger partial charge on any atom is 0.244 e. The molecule has 1 aliphatic rings. The molecule has 1 amide bonds. The second kappa shape index (κ2) is 6.74. The van der Waals surface area contributed by atoms with E-state index in [4.69, 9.17) is 0 Å². The summed E-state index contributed by atoms with van der Waals surface area (Å²) in [5, 5.41) is 6.24. The monoisotopic (exact) mass is 291 g/mol. The maximum atomic E-state index is 12.3. The summed E-state index contributed by atoms with van der Waals surface area (Å²) in [6, 6.07) is 1.56. The van der Waals surface area contributed by atoms with Gasteiger partial charge in [0, 0.05) is 32.1 Å². The van der Waals surface area contributed by atoms with Crippen LogP contribution in [0, 0.1) is 0 Å². The van der Waals surface area contributed by atoms with Crippen molar-refractivity contribution in [3.8, 4) is 0 Å². The fourth-order valence-electron chi connectivity index (χ4n) is 2.42. The van der Waals surface area contributed by atoms with Crippen LogP contribution in [0.3, 0.4) is 0 Å². The molecule has 2 N–H and O–H groups in total. The average Bonchev–Trinajstić information content (AvgIpc) is 3.00. The predicted octanol–water partition coefficient (Wildman–Crippen LogP) is 2.06. The summed E-state index contributed by atoms with van der Waals surface area (Å²) in [4.78, 5) is 23.2. The third kappa shape index (κ3) is 3.83. The van der Waals surface area contributed by atoms with E-state index in [2.05, 4.69) is 34.4 Å². The van der Waals surface area contributed by atoms with Crippen LogP contribution in [0.15, 0.2) is 6.07 Å². The number of nitrogens with one attached hydrogen (secondary N) is 2. The Morgan fingerprint density at radius 1 is 1.19 bits per heavy atom. The summed E-state index contributed by atoms with van der Waals surface area (Å²) in [5.41, 5.74) is 0. The third-order valence-corrected chi connectivity index (χ3v) is 3.67. The lowest BCUT2D eigenvalue weighted by Crippen LogP contribution is -2.39. The Balaban J connectivity index is 2.10. The molecule has 0 aromatic carbocycles. The molecule has 6 nitrogen and oxygen atoms in total. The van der Waals surface area contributed by atoms with Gasteiger partial charge in [-0.05, 0) is 19.8 Å². The highest BCUT2D eigenvalue weighted by atomic mass is 16.2. The van der Waals surface area contributed by atoms with E-state index in [1.54, 1.807) is 0 Å². The van der Waals surface area contributed by atoms with E-state index < -0.39 is 0 Å². The van der Waals surface area contributed by atoms with Crippen molar-refractivity contribution >= 4 is 17.5 Å². The van der Waals surface area contributed by atoms with E-state index in [-0.39, 0.29) is 17.9 Å². The van der Waals surface area contributed by atoms with Crippen LogP contribution in [0.2, 0.25) is 0 Å². The first-order valence-electron chi connectivity index (χ1n) is 7.63. The molecular formula is C15H25N5O. The van der Waals surface area contributed by atoms with Crippen molar-refractivity contribution < 1.29 is 4.79 Å². The summed E-state index contributed by atoms with van der Waals surface area (Å²) in [7, 11) is 1.83. The second-order valence-electron chi connectivity index (χ2n) is 5.80. The number of anilines is 2. The zero-order chi connectivity index (χ0) is 15.4. The highest BCUT2D eigenvalue weighted by molar-refractivity contribution is 5.84. The number of rotatable bonds is 5. The van der Waals surface area contributed by atoms with Crippen molar-refractivity contribution in [1.29, 1.82) is 0 Å². The summed E-state index contributed by atoms with van der Waals surface area (Å²) in [6.45, 7) is 7.73. The molecule has 1 aromatic rings. The highest BCUT2D eigenvalue weighted by Gasteiger charge is 2.23. The van der Waals surface area contributed by atoms with Crippen molar-refractivity contribution in [2.24, 2.45) is 0 Å². The molecule has 21 heavy (non-hydrogen) atoms. The van der Waals surface area contributed by atoms with Gasteiger partial charge >= 0.3 is 0 Å². The van der Waals surface area contributed by atoms with Crippen LogP contribution in [-0.4, -0.2) is 47.0 Å². The molecule has 1 aromatic heterocycles. The molecule has 0 radical (unpaired) electrons. The minimum Gasteiger partial charge on any atom is -0.373 e. The van der Waals surface area contributed by atoms with Crippen molar-refractivity contribution in [2.45, 2.75) is 45.6 Å². The molecule has 1 unspecified atom stereocenters. The fraction of sp³-hybridized carbons (Fsp3) is 0.667. The lowest BCUT2D eigenvalue weighted by atomic mass is 10.2. The van der Waals surface area contributed by atoms with Crippen LogP contribution in [0.4, 0.5) is 11.6 Å². The number of carbonyl (C=O) groups excluding carboxylic acids is 1. The fourth-order valence-corrected chi connectivity index (χ4v) is 2.42. The largest absolute Gasteiger partial charge is 0.373 e. The van der Waals surface area contributed by atoms with Gasteiger partial charge in [0.05, 0.1) is 0 Å². The summed E-state index contributed by atoms with van der Waals surface area (Å²) >= 11 is 0. The first kappa shape index (κ1) is 15.5. The molecule has 0 bridgehead atoms. The van der Waals surface area contributed by atoms with Crippen LogP contribution in [-0.2, 0) is 4.79 Å². The molecule has 1 saturated heterocycles. The highest BCUT2D eigenvalue weighted by Crippen LogP contribution is 2.18. The maximum absolute atomic E-state index is 12.3. The molecule has 6 heteroatoms. The van der Waals surface area contributed by atoms with Crippen LogP contribution in [0.5, 0.6) is 0 Å². The van der Waals surface area contributed by atoms with Crippen molar-refractivity contribution in [2.75, 3.05) is 30.8 Å². The van der Waals surface area contributed by atoms with E-state index in [0.717, 1.165) is 37.6 Å². The molecule has 1 aliphatic heterocycles. The SMILES string of the molecule is CNc1cc(NC(C)C(=O)N2CCCC2)nc(C(C)C)n1. The number of carbonyl (C=O) groups is 1. The van der Waals surface area contributed by atoms with E-state index in [0.29, 0.717) is 5.82 Å². The summed E-state index contributed by atoms with van der Waals surface area (Å²) < 4.78 is 0.